The molecule has 84 valence electrons. The summed E-state index contributed by atoms with van der Waals surface area (Å²) >= 11 is -1.01. The van der Waals surface area contributed by atoms with Crippen LogP contribution >= 0.6 is 0 Å². The predicted molar refractivity (Wildman–Crippen MR) is 60.6 cm³/mol. The van der Waals surface area contributed by atoms with Gasteiger partial charge in [0.2, 0.25) is 0 Å². The van der Waals surface area contributed by atoms with Gasteiger partial charge in [0.25, 0.3) is 0 Å². The number of fused-ring (bicyclic) bond motifs is 1. The van der Waals surface area contributed by atoms with Gasteiger partial charge in [-0.1, -0.05) is 0 Å². The fraction of sp³-hybridized carbons (Fsp3) is 0.700. The number of rotatable bonds is 2. The molecule has 0 bridgehead atoms. The predicted octanol–water partition coefficient (Wildman–Crippen LogP) is 1.38. The second kappa shape index (κ2) is 3.81. The lowest BCUT2D eigenvalue weighted by Crippen LogP contribution is -2.40. The summed E-state index contributed by atoms with van der Waals surface area (Å²) in [5.74, 6) is 0. The van der Waals surface area contributed by atoms with Crippen LogP contribution in [0.1, 0.15) is 38.9 Å². The molecule has 0 amide bonds. The van der Waals surface area contributed by atoms with E-state index in [4.69, 9.17) is 0 Å². The van der Waals surface area contributed by atoms with Crippen molar-refractivity contribution >= 4 is 11.4 Å². The summed E-state index contributed by atoms with van der Waals surface area (Å²) in [6.07, 6.45) is 2.77. The van der Waals surface area contributed by atoms with Gasteiger partial charge in [-0.05, 0) is 33.3 Å². The van der Waals surface area contributed by atoms with E-state index in [1.54, 1.807) is 6.20 Å². The normalized spacial score (nSPS) is 22.8. The third-order valence-electron chi connectivity index (χ3n) is 2.54. The Hall–Kier alpha value is -0.520. The molecule has 1 aliphatic heterocycles. The lowest BCUT2D eigenvalue weighted by atomic mass is 10.2. The molecule has 2 atom stereocenters. The molecule has 15 heavy (non-hydrogen) atoms. The van der Waals surface area contributed by atoms with Gasteiger partial charge in [-0.3, -0.25) is 4.68 Å². The molecular weight excluding hydrogens is 210 g/mol. The Morgan fingerprint density at radius 2 is 2.33 bits per heavy atom. The van der Waals surface area contributed by atoms with Crippen LogP contribution in [0.4, 0.5) is 0 Å². The lowest BCUT2D eigenvalue weighted by Gasteiger charge is -2.25. The van der Waals surface area contributed by atoms with Gasteiger partial charge in [-0.2, -0.15) is 5.10 Å². The van der Waals surface area contributed by atoms with Gasteiger partial charge in [0.1, 0.15) is 4.75 Å². The average Bonchev–Trinajstić information content (AvgIpc) is 2.67. The topological polar surface area (TPSA) is 52.9 Å². The first-order valence-electron chi connectivity index (χ1n) is 5.18. The Bertz CT molecular complexity index is 345. The van der Waals surface area contributed by atoms with Crippen molar-refractivity contribution in [2.24, 2.45) is 0 Å². The molecule has 0 radical (unpaired) electrons. The number of nitrogens with zero attached hydrogens (tertiary/aromatic N) is 2. The summed E-state index contributed by atoms with van der Waals surface area (Å²) in [6.45, 7) is 6.84. The first kappa shape index (κ1) is 11.0. The smallest absolute Gasteiger partial charge is 0.136 e. The maximum atomic E-state index is 11.9. The van der Waals surface area contributed by atoms with Crippen molar-refractivity contribution < 1.29 is 4.55 Å². The van der Waals surface area contributed by atoms with Crippen LogP contribution < -0.4 is 4.72 Å². The van der Waals surface area contributed by atoms with E-state index in [2.05, 4.69) is 9.82 Å². The molecule has 1 aromatic heterocycles. The van der Waals surface area contributed by atoms with Crippen molar-refractivity contribution in [1.29, 1.82) is 0 Å². The van der Waals surface area contributed by atoms with E-state index >= 15 is 0 Å². The quantitative estimate of drug-likeness (QED) is 0.777. The van der Waals surface area contributed by atoms with E-state index in [0.717, 1.165) is 18.7 Å². The number of nitrogens with one attached hydrogen (secondary N) is 1. The van der Waals surface area contributed by atoms with E-state index in [9.17, 15) is 4.55 Å². The molecule has 5 heteroatoms. The fourth-order valence-electron chi connectivity index (χ4n) is 1.65. The van der Waals surface area contributed by atoms with Crippen LogP contribution in [0.3, 0.4) is 0 Å². The fourth-order valence-corrected chi connectivity index (χ4v) is 2.50. The standard InChI is InChI=1S/C10H17N3OS/c1-10(2,3)15(14)12-8-5-7-13-9(8)4-6-11-13/h4,6,8,12H,5,7H2,1-3H3/t8-,15+/m1/s1. The van der Waals surface area contributed by atoms with E-state index in [1.165, 1.54) is 0 Å². The summed E-state index contributed by atoms with van der Waals surface area (Å²) in [5.41, 5.74) is 1.15. The molecule has 0 saturated heterocycles. The molecule has 2 heterocycles. The zero-order chi connectivity index (χ0) is 11.1. The van der Waals surface area contributed by atoms with Crippen LogP contribution in [0.25, 0.3) is 0 Å². The maximum Gasteiger partial charge on any atom is 0.136 e. The Morgan fingerprint density at radius 3 is 3.00 bits per heavy atom. The van der Waals surface area contributed by atoms with Crippen LogP contribution in [-0.2, 0) is 17.9 Å². The number of aromatic nitrogens is 2. The molecule has 4 nitrogen and oxygen atoms in total. The highest BCUT2D eigenvalue weighted by atomic mass is 32.2. The van der Waals surface area contributed by atoms with Crippen molar-refractivity contribution in [2.75, 3.05) is 0 Å². The first-order chi connectivity index (χ1) is 6.98. The Labute approximate surface area is 93.4 Å². The molecule has 2 rings (SSSR count). The van der Waals surface area contributed by atoms with Gasteiger partial charge in [0.15, 0.2) is 0 Å². The zero-order valence-corrected chi connectivity index (χ0v) is 10.2. The van der Waals surface area contributed by atoms with E-state index in [-0.39, 0.29) is 10.8 Å². The lowest BCUT2D eigenvalue weighted by molar-refractivity contribution is 0.521. The molecule has 0 saturated carbocycles. The first-order valence-corrected chi connectivity index (χ1v) is 6.33. The minimum atomic E-state index is -1.01. The van der Waals surface area contributed by atoms with Gasteiger partial charge in [0, 0.05) is 24.1 Å². The number of hydrogen-bond acceptors (Lipinski definition) is 3. The van der Waals surface area contributed by atoms with E-state index in [0.29, 0.717) is 0 Å². The average molecular weight is 227 g/mol. The Balaban J connectivity index is 2.04. The molecular formula is C10H17N3OS. The highest BCUT2D eigenvalue weighted by molar-refractivity contribution is 7.90. The van der Waals surface area contributed by atoms with Crippen molar-refractivity contribution in [3.63, 3.8) is 0 Å². The monoisotopic (exact) mass is 227 g/mol. The second-order valence-corrected chi connectivity index (χ2v) is 6.82. The molecule has 0 aromatic carbocycles. The molecule has 0 spiro atoms. The van der Waals surface area contributed by atoms with Crippen LogP contribution in [0.15, 0.2) is 12.3 Å². The highest BCUT2D eigenvalue weighted by Crippen LogP contribution is 2.27. The zero-order valence-electron chi connectivity index (χ0n) is 9.36. The van der Waals surface area contributed by atoms with Crippen LogP contribution in [-0.4, -0.2) is 19.1 Å². The largest absolute Gasteiger partial charge is 0.598 e. The maximum absolute atomic E-state index is 11.9. The summed E-state index contributed by atoms with van der Waals surface area (Å²) in [6, 6.07) is 2.18. The molecule has 1 N–H and O–H groups in total. The molecule has 1 aromatic rings. The minimum Gasteiger partial charge on any atom is -0.598 e. The van der Waals surface area contributed by atoms with E-state index < -0.39 is 11.4 Å². The molecule has 0 unspecified atom stereocenters. The number of aryl methyl sites for hydroxylation is 1. The van der Waals surface area contributed by atoms with Gasteiger partial charge in [-0.25, -0.2) is 0 Å². The van der Waals surface area contributed by atoms with Crippen molar-refractivity contribution in [3.8, 4) is 0 Å². The number of hydrogen-bond donors (Lipinski definition) is 1. The second-order valence-electron chi connectivity index (χ2n) is 4.82. The summed E-state index contributed by atoms with van der Waals surface area (Å²) in [7, 11) is 0. The van der Waals surface area contributed by atoms with Gasteiger partial charge < -0.3 is 4.55 Å². The van der Waals surface area contributed by atoms with Crippen LogP contribution in [0.2, 0.25) is 0 Å². The third kappa shape index (κ3) is 2.19. The molecule has 1 aliphatic rings. The van der Waals surface area contributed by atoms with Crippen molar-refractivity contribution in [3.05, 3.63) is 18.0 Å². The van der Waals surface area contributed by atoms with Crippen molar-refractivity contribution in [1.82, 2.24) is 14.5 Å². The van der Waals surface area contributed by atoms with Gasteiger partial charge in [-0.15, -0.1) is 4.72 Å². The van der Waals surface area contributed by atoms with E-state index in [1.807, 2.05) is 31.5 Å². The third-order valence-corrected chi connectivity index (χ3v) is 4.15. The molecule has 0 aliphatic carbocycles. The van der Waals surface area contributed by atoms with Crippen LogP contribution in [0.5, 0.6) is 0 Å². The Kier molecular flexibility index (Phi) is 2.79. The summed E-state index contributed by atoms with van der Waals surface area (Å²) in [4.78, 5) is 0. The molecule has 0 fully saturated rings. The van der Waals surface area contributed by atoms with Crippen LogP contribution in [0, 0.1) is 0 Å². The van der Waals surface area contributed by atoms with Crippen molar-refractivity contribution in [2.45, 2.75) is 44.5 Å². The van der Waals surface area contributed by atoms with Gasteiger partial charge in [0.05, 0.1) is 11.7 Å². The SMILES string of the molecule is CC(C)(C)[S@+]([O-])N[C@@H]1CCn2nccc21. The summed E-state index contributed by atoms with van der Waals surface area (Å²) in [5, 5.41) is 4.19. The highest BCUT2D eigenvalue weighted by Gasteiger charge is 2.33. The minimum absolute atomic E-state index is 0.188. The van der Waals surface area contributed by atoms with Gasteiger partial charge >= 0.3 is 0 Å². The summed E-state index contributed by atoms with van der Waals surface area (Å²) < 4.78 is 16.8. The Morgan fingerprint density at radius 1 is 1.60 bits per heavy atom.